The van der Waals surface area contributed by atoms with Crippen molar-refractivity contribution in [3.05, 3.63) is 46.2 Å². The van der Waals surface area contributed by atoms with Crippen LogP contribution in [0.2, 0.25) is 0 Å². The fraction of sp³-hybridized carbons (Fsp3) is 0.526. The van der Waals surface area contributed by atoms with Crippen LogP contribution in [-0.2, 0) is 4.79 Å². The molecule has 1 N–H and O–H groups in total. The molecule has 1 aromatic carbocycles. The van der Waals surface area contributed by atoms with E-state index in [9.17, 15) is 19.9 Å². The van der Waals surface area contributed by atoms with Gasteiger partial charge >= 0.3 is 0 Å². The Kier molecular flexibility index (Phi) is 3.80. The lowest BCUT2D eigenvalue weighted by Gasteiger charge is -2.65. The number of benzene rings is 1. The van der Waals surface area contributed by atoms with Gasteiger partial charge in [0.25, 0.3) is 5.56 Å². The number of carbonyl (C=O) groups is 1. The van der Waals surface area contributed by atoms with Gasteiger partial charge in [0.2, 0.25) is 0 Å². The standard InChI is InChI=1S/C19H23N3O4/c1-19(2)17(16(24)10-14-15(23)8-5-9-22(14,19)26)21-11-20-13-7-4-3-6-12(13)18(21)25/h3-4,6-7,11,14-15,17,23H,5,8-10H2,1-2H3/t14-,15+,17+,22?/m1/s1. The second-order valence-electron chi connectivity index (χ2n) is 8.00. The zero-order valence-corrected chi connectivity index (χ0v) is 15.0. The predicted molar refractivity (Wildman–Crippen MR) is 96.3 cm³/mol. The zero-order valence-electron chi connectivity index (χ0n) is 15.0. The van der Waals surface area contributed by atoms with Gasteiger partial charge < -0.3 is 15.0 Å². The summed E-state index contributed by atoms with van der Waals surface area (Å²) in [4.78, 5) is 30.3. The molecule has 0 spiro atoms. The van der Waals surface area contributed by atoms with Crippen molar-refractivity contribution in [1.29, 1.82) is 0 Å². The number of fused-ring (bicyclic) bond motifs is 2. The maximum atomic E-state index is 13.8. The summed E-state index contributed by atoms with van der Waals surface area (Å²) in [7, 11) is 0. The lowest BCUT2D eigenvalue weighted by molar-refractivity contribution is -0.963. The molecule has 3 heterocycles. The number of quaternary nitrogens is 1. The second-order valence-corrected chi connectivity index (χ2v) is 8.00. The molecule has 7 nitrogen and oxygen atoms in total. The van der Waals surface area contributed by atoms with E-state index in [1.807, 2.05) is 0 Å². The normalized spacial score (nSPS) is 33.8. The van der Waals surface area contributed by atoms with Gasteiger partial charge in [-0.25, -0.2) is 4.98 Å². The zero-order chi connectivity index (χ0) is 18.7. The highest BCUT2D eigenvalue weighted by Gasteiger charge is 2.59. The molecule has 0 radical (unpaired) electrons. The summed E-state index contributed by atoms with van der Waals surface area (Å²) in [5.41, 5.74) is -0.827. The maximum Gasteiger partial charge on any atom is 0.262 e. The maximum absolute atomic E-state index is 13.8. The molecular weight excluding hydrogens is 334 g/mol. The Morgan fingerprint density at radius 1 is 1.31 bits per heavy atom. The van der Waals surface area contributed by atoms with Crippen LogP contribution in [0.1, 0.15) is 39.2 Å². The van der Waals surface area contributed by atoms with E-state index in [1.54, 1.807) is 38.1 Å². The first-order chi connectivity index (χ1) is 12.3. The average Bonchev–Trinajstić information content (AvgIpc) is 2.59. The van der Waals surface area contributed by atoms with E-state index in [0.717, 1.165) is 0 Å². The van der Waals surface area contributed by atoms with E-state index in [0.29, 0.717) is 30.3 Å². The van der Waals surface area contributed by atoms with Gasteiger partial charge in [0.05, 0.1) is 30.2 Å². The number of aromatic nitrogens is 2. The Morgan fingerprint density at radius 3 is 2.81 bits per heavy atom. The lowest BCUT2D eigenvalue weighted by atomic mass is 9.75. The number of hydroxylamine groups is 3. The highest BCUT2D eigenvalue weighted by Crippen LogP contribution is 2.46. The number of ketones is 1. The third-order valence-electron chi connectivity index (χ3n) is 6.30. The minimum Gasteiger partial charge on any atom is -0.632 e. The Bertz CT molecular complexity index is 938. The molecule has 1 aromatic heterocycles. The number of nitrogens with zero attached hydrogens (tertiary/aromatic N) is 3. The average molecular weight is 357 g/mol. The molecule has 0 bridgehead atoms. The summed E-state index contributed by atoms with van der Waals surface area (Å²) in [6, 6.07) is 5.41. The van der Waals surface area contributed by atoms with Crippen LogP contribution in [0.25, 0.3) is 10.9 Å². The van der Waals surface area contributed by atoms with E-state index < -0.39 is 28.4 Å². The van der Waals surface area contributed by atoms with Gasteiger partial charge in [-0.1, -0.05) is 12.1 Å². The van der Waals surface area contributed by atoms with Crippen molar-refractivity contribution in [2.75, 3.05) is 6.54 Å². The first-order valence-electron chi connectivity index (χ1n) is 9.03. The molecule has 0 aliphatic carbocycles. The molecular formula is C19H23N3O4. The first-order valence-corrected chi connectivity index (χ1v) is 9.03. The SMILES string of the molecule is CC1(C)[C@@H](n2cnc3ccccc3c2=O)C(=O)C[C@@H]2[C@@H](O)CCC[N+]21[O-]. The Labute approximate surface area is 151 Å². The Balaban J connectivity index is 1.88. The number of hydrogen-bond donors (Lipinski definition) is 1. The summed E-state index contributed by atoms with van der Waals surface area (Å²) in [6.07, 6.45) is 1.73. The third-order valence-corrected chi connectivity index (χ3v) is 6.30. The van der Waals surface area contributed by atoms with Crippen molar-refractivity contribution < 1.29 is 14.5 Å². The Hall–Kier alpha value is -2.09. The third kappa shape index (κ3) is 2.21. The van der Waals surface area contributed by atoms with Gasteiger partial charge in [-0.15, -0.1) is 0 Å². The van der Waals surface area contributed by atoms with Gasteiger partial charge in [-0.05, 0) is 38.8 Å². The number of rotatable bonds is 1. The van der Waals surface area contributed by atoms with E-state index in [4.69, 9.17) is 0 Å². The number of carbonyl (C=O) groups excluding carboxylic acids is 1. The van der Waals surface area contributed by atoms with Crippen LogP contribution in [0.15, 0.2) is 35.4 Å². The van der Waals surface area contributed by atoms with E-state index in [-0.39, 0.29) is 17.8 Å². The minimum absolute atomic E-state index is 0.0158. The fourth-order valence-electron chi connectivity index (χ4n) is 4.85. The van der Waals surface area contributed by atoms with Gasteiger partial charge in [0.1, 0.15) is 17.7 Å². The molecule has 2 aliphatic heterocycles. The summed E-state index contributed by atoms with van der Waals surface area (Å²) in [6.45, 7) is 3.80. The van der Waals surface area contributed by atoms with E-state index >= 15 is 0 Å². The minimum atomic E-state index is -1.07. The second kappa shape index (κ2) is 5.70. The van der Waals surface area contributed by atoms with Crippen LogP contribution >= 0.6 is 0 Å². The predicted octanol–water partition coefficient (Wildman–Crippen LogP) is 1.53. The molecule has 1 unspecified atom stereocenters. The lowest BCUT2D eigenvalue weighted by Crippen LogP contribution is -2.75. The van der Waals surface area contributed by atoms with Gasteiger partial charge in [-0.2, -0.15) is 0 Å². The highest BCUT2D eigenvalue weighted by atomic mass is 16.6. The smallest absolute Gasteiger partial charge is 0.262 e. The molecule has 138 valence electrons. The van der Waals surface area contributed by atoms with Gasteiger partial charge in [0.15, 0.2) is 11.8 Å². The van der Waals surface area contributed by atoms with Crippen molar-refractivity contribution in [3.63, 3.8) is 0 Å². The summed E-state index contributed by atoms with van der Waals surface area (Å²) in [5, 5.41) is 24.5. The van der Waals surface area contributed by atoms with Crippen LogP contribution in [0.5, 0.6) is 0 Å². The molecule has 2 fully saturated rings. The van der Waals surface area contributed by atoms with Crippen molar-refractivity contribution >= 4 is 16.7 Å². The van der Waals surface area contributed by atoms with Gasteiger partial charge in [0, 0.05) is 0 Å². The van der Waals surface area contributed by atoms with Crippen LogP contribution in [-0.4, -0.2) is 49.3 Å². The van der Waals surface area contributed by atoms with Gasteiger partial charge in [-0.3, -0.25) is 14.2 Å². The monoisotopic (exact) mass is 357 g/mol. The van der Waals surface area contributed by atoms with Crippen molar-refractivity contribution in [2.24, 2.45) is 0 Å². The van der Waals surface area contributed by atoms with Crippen molar-refractivity contribution in [1.82, 2.24) is 9.55 Å². The van der Waals surface area contributed by atoms with Crippen molar-refractivity contribution in [3.8, 4) is 0 Å². The Morgan fingerprint density at radius 2 is 2.04 bits per heavy atom. The first kappa shape index (κ1) is 17.3. The largest absolute Gasteiger partial charge is 0.632 e. The quantitative estimate of drug-likeness (QED) is 0.617. The number of aliphatic hydroxyl groups excluding tert-OH is 1. The van der Waals surface area contributed by atoms with E-state index in [1.165, 1.54) is 10.9 Å². The molecule has 2 saturated heterocycles. The van der Waals surface area contributed by atoms with Crippen molar-refractivity contribution in [2.45, 2.75) is 56.8 Å². The summed E-state index contributed by atoms with van der Waals surface area (Å²) >= 11 is 0. The molecule has 4 rings (SSSR count). The molecule has 26 heavy (non-hydrogen) atoms. The fourth-order valence-corrected chi connectivity index (χ4v) is 4.85. The number of para-hydroxylation sites is 1. The summed E-state index contributed by atoms with van der Waals surface area (Å²) in [5.74, 6) is -0.190. The number of piperidine rings is 2. The number of Topliss-reactive ketones (excluding diaryl/α,β-unsaturated/α-hetero) is 1. The molecule has 0 amide bonds. The molecule has 7 heteroatoms. The van der Waals surface area contributed by atoms with E-state index in [2.05, 4.69) is 4.98 Å². The number of hydrogen-bond acceptors (Lipinski definition) is 5. The molecule has 0 saturated carbocycles. The van der Waals surface area contributed by atoms with Crippen LogP contribution < -0.4 is 5.56 Å². The highest BCUT2D eigenvalue weighted by molar-refractivity contribution is 5.85. The molecule has 2 aliphatic rings. The van der Waals surface area contributed by atoms with Crippen LogP contribution in [0.4, 0.5) is 0 Å². The van der Waals surface area contributed by atoms with Crippen LogP contribution in [0, 0.1) is 5.21 Å². The molecule has 2 aromatic rings. The number of aliphatic hydroxyl groups is 1. The summed E-state index contributed by atoms with van der Waals surface area (Å²) < 4.78 is 0.670. The topological polar surface area (TPSA) is 95.2 Å². The van der Waals surface area contributed by atoms with Crippen LogP contribution in [0.3, 0.4) is 0 Å². The molecule has 4 atom stereocenters.